The molecule has 2 heterocycles. The van der Waals surface area contributed by atoms with Gasteiger partial charge in [-0.3, -0.25) is 4.79 Å². The third-order valence-corrected chi connectivity index (χ3v) is 3.60. The lowest BCUT2D eigenvalue weighted by Gasteiger charge is -2.22. The van der Waals surface area contributed by atoms with Crippen LogP contribution in [0.1, 0.15) is 24.8 Å². The van der Waals surface area contributed by atoms with Gasteiger partial charge < -0.3 is 9.47 Å². The second-order valence-electron chi connectivity index (χ2n) is 5.27. The lowest BCUT2D eigenvalue weighted by atomic mass is 10.1. The van der Waals surface area contributed by atoms with Crippen molar-refractivity contribution in [3.05, 3.63) is 36.2 Å². The average Bonchev–Trinajstić information content (AvgIpc) is 3.09. The molecule has 1 atom stereocenters. The Morgan fingerprint density at radius 3 is 2.86 bits per heavy atom. The monoisotopic (exact) mass is 302 g/mol. The van der Waals surface area contributed by atoms with E-state index >= 15 is 0 Å². The summed E-state index contributed by atoms with van der Waals surface area (Å²) in [6.45, 7) is 1.11. The highest BCUT2D eigenvalue weighted by Gasteiger charge is 2.16. The number of nitrogens with zero attached hydrogens (tertiary/aromatic N) is 4. The number of rotatable bonds is 5. The second kappa shape index (κ2) is 7.13. The maximum atomic E-state index is 11.9. The Morgan fingerprint density at radius 1 is 1.32 bits per heavy atom. The van der Waals surface area contributed by atoms with Crippen LogP contribution in [0.4, 0.5) is 0 Å². The van der Waals surface area contributed by atoms with E-state index in [0.717, 1.165) is 37.1 Å². The molecule has 0 N–H and O–H groups in total. The summed E-state index contributed by atoms with van der Waals surface area (Å²) in [5, 5.41) is 11.0. The van der Waals surface area contributed by atoms with Crippen molar-refractivity contribution >= 4 is 5.97 Å². The van der Waals surface area contributed by atoms with Crippen molar-refractivity contribution in [3.63, 3.8) is 0 Å². The largest absolute Gasteiger partial charge is 0.463 e. The number of carbonyl (C=O) groups excluding carboxylic acids is 1. The molecule has 1 aliphatic heterocycles. The molecule has 0 unspecified atom stereocenters. The zero-order valence-electron chi connectivity index (χ0n) is 12.2. The summed E-state index contributed by atoms with van der Waals surface area (Å²) >= 11 is 0. The molecule has 0 bridgehead atoms. The highest BCUT2D eigenvalue weighted by atomic mass is 16.6. The third kappa shape index (κ3) is 3.88. The quantitative estimate of drug-likeness (QED) is 0.775. The minimum atomic E-state index is -0.232. The van der Waals surface area contributed by atoms with Crippen LogP contribution in [0, 0.1) is 0 Å². The Hall–Kier alpha value is -2.28. The molecule has 7 heteroatoms. The standard InChI is InChI=1S/C15H18N4O3/c20-15(22-10-14-3-1-2-8-21-14)9-12-4-6-13(7-5-12)19-11-16-17-18-19/h4-7,11,14H,1-3,8-10H2/t14-/m1/s1. The van der Waals surface area contributed by atoms with E-state index in [1.807, 2.05) is 24.3 Å². The molecule has 3 rings (SSSR count). The van der Waals surface area contributed by atoms with Gasteiger partial charge in [0, 0.05) is 6.61 Å². The van der Waals surface area contributed by atoms with E-state index in [1.54, 1.807) is 4.68 Å². The molecule has 0 amide bonds. The van der Waals surface area contributed by atoms with E-state index in [9.17, 15) is 4.79 Å². The first kappa shape index (κ1) is 14.6. The van der Waals surface area contributed by atoms with Crippen LogP contribution in [-0.4, -0.2) is 45.5 Å². The van der Waals surface area contributed by atoms with Gasteiger partial charge in [-0.05, 0) is 47.4 Å². The number of benzene rings is 1. The van der Waals surface area contributed by atoms with Gasteiger partial charge in [-0.25, -0.2) is 4.68 Å². The van der Waals surface area contributed by atoms with Gasteiger partial charge >= 0.3 is 5.97 Å². The number of ether oxygens (including phenoxy) is 2. The number of tetrazole rings is 1. The molecule has 1 saturated heterocycles. The predicted molar refractivity (Wildman–Crippen MR) is 77.4 cm³/mol. The van der Waals surface area contributed by atoms with E-state index in [4.69, 9.17) is 9.47 Å². The molecule has 22 heavy (non-hydrogen) atoms. The van der Waals surface area contributed by atoms with E-state index in [2.05, 4.69) is 15.5 Å². The maximum absolute atomic E-state index is 11.9. The van der Waals surface area contributed by atoms with Crippen molar-refractivity contribution in [1.82, 2.24) is 20.2 Å². The number of carbonyl (C=O) groups is 1. The van der Waals surface area contributed by atoms with Crippen molar-refractivity contribution < 1.29 is 14.3 Å². The second-order valence-corrected chi connectivity index (χ2v) is 5.27. The van der Waals surface area contributed by atoms with Crippen molar-refractivity contribution in [1.29, 1.82) is 0 Å². The van der Waals surface area contributed by atoms with Crippen LogP contribution in [0.15, 0.2) is 30.6 Å². The smallest absolute Gasteiger partial charge is 0.310 e. The molecule has 0 spiro atoms. The molecule has 0 radical (unpaired) electrons. The van der Waals surface area contributed by atoms with Crippen molar-refractivity contribution in [2.24, 2.45) is 0 Å². The van der Waals surface area contributed by atoms with Crippen LogP contribution < -0.4 is 0 Å². The molecule has 0 saturated carbocycles. The fourth-order valence-electron chi connectivity index (χ4n) is 2.39. The first-order valence-corrected chi connectivity index (χ1v) is 7.41. The molecular formula is C15H18N4O3. The number of esters is 1. The van der Waals surface area contributed by atoms with Gasteiger partial charge in [-0.15, -0.1) is 5.10 Å². The zero-order valence-corrected chi connectivity index (χ0v) is 12.2. The van der Waals surface area contributed by atoms with Crippen LogP contribution in [0.5, 0.6) is 0 Å². The Kier molecular flexibility index (Phi) is 4.75. The zero-order chi connectivity index (χ0) is 15.2. The third-order valence-electron chi connectivity index (χ3n) is 3.60. The summed E-state index contributed by atoms with van der Waals surface area (Å²) in [6, 6.07) is 7.47. The molecule has 116 valence electrons. The average molecular weight is 302 g/mol. The highest BCUT2D eigenvalue weighted by molar-refractivity contribution is 5.72. The Morgan fingerprint density at radius 2 is 2.18 bits per heavy atom. The molecule has 1 aliphatic rings. The Balaban J connectivity index is 1.48. The Labute approximate surface area is 128 Å². The van der Waals surface area contributed by atoms with E-state index in [1.165, 1.54) is 6.33 Å². The molecule has 1 aromatic carbocycles. The molecule has 1 aromatic heterocycles. The number of aromatic nitrogens is 4. The van der Waals surface area contributed by atoms with Crippen LogP contribution in [-0.2, 0) is 20.7 Å². The lowest BCUT2D eigenvalue weighted by molar-refractivity contribution is -0.148. The number of hydrogen-bond acceptors (Lipinski definition) is 6. The van der Waals surface area contributed by atoms with Gasteiger partial charge in [0.1, 0.15) is 12.9 Å². The maximum Gasteiger partial charge on any atom is 0.310 e. The van der Waals surface area contributed by atoms with Gasteiger partial charge in [0.2, 0.25) is 0 Å². The predicted octanol–water partition coefficient (Wildman–Crippen LogP) is 1.32. The minimum absolute atomic E-state index is 0.0555. The van der Waals surface area contributed by atoms with Gasteiger partial charge in [-0.1, -0.05) is 12.1 Å². The highest BCUT2D eigenvalue weighted by Crippen LogP contribution is 2.13. The summed E-state index contributed by atoms with van der Waals surface area (Å²) < 4.78 is 12.4. The summed E-state index contributed by atoms with van der Waals surface area (Å²) in [7, 11) is 0. The van der Waals surface area contributed by atoms with Crippen LogP contribution in [0.2, 0.25) is 0 Å². The summed E-state index contributed by atoms with van der Waals surface area (Å²) in [6.07, 6.45) is 5.03. The molecule has 1 fully saturated rings. The first-order chi connectivity index (χ1) is 10.8. The molecular weight excluding hydrogens is 284 g/mol. The topological polar surface area (TPSA) is 79.1 Å². The van der Waals surface area contributed by atoms with Crippen molar-refractivity contribution in [2.75, 3.05) is 13.2 Å². The first-order valence-electron chi connectivity index (χ1n) is 7.41. The SMILES string of the molecule is O=C(Cc1ccc(-n2cnnn2)cc1)OC[C@H]1CCCCO1. The van der Waals surface area contributed by atoms with Gasteiger partial charge in [-0.2, -0.15) is 0 Å². The fraction of sp³-hybridized carbons (Fsp3) is 0.467. The van der Waals surface area contributed by atoms with Gasteiger partial charge in [0.05, 0.1) is 18.2 Å². The Bertz CT molecular complexity index is 592. The van der Waals surface area contributed by atoms with E-state index in [-0.39, 0.29) is 18.5 Å². The van der Waals surface area contributed by atoms with Gasteiger partial charge in [0.15, 0.2) is 0 Å². The van der Waals surface area contributed by atoms with Crippen LogP contribution >= 0.6 is 0 Å². The fourth-order valence-corrected chi connectivity index (χ4v) is 2.39. The normalized spacial score (nSPS) is 18.1. The van der Waals surface area contributed by atoms with Gasteiger partial charge in [0.25, 0.3) is 0 Å². The van der Waals surface area contributed by atoms with E-state index in [0.29, 0.717) is 6.61 Å². The minimum Gasteiger partial charge on any atom is -0.463 e. The molecule has 2 aromatic rings. The van der Waals surface area contributed by atoms with E-state index < -0.39 is 0 Å². The van der Waals surface area contributed by atoms with Crippen LogP contribution in [0.25, 0.3) is 5.69 Å². The van der Waals surface area contributed by atoms with Crippen molar-refractivity contribution in [2.45, 2.75) is 31.8 Å². The van der Waals surface area contributed by atoms with Crippen LogP contribution in [0.3, 0.4) is 0 Å². The lowest BCUT2D eigenvalue weighted by Crippen LogP contribution is -2.26. The summed E-state index contributed by atoms with van der Waals surface area (Å²) in [5.74, 6) is -0.232. The molecule has 0 aliphatic carbocycles. The summed E-state index contributed by atoms with van der Waals surface area (Å²) in [5.41, 5.74) is 1.74. The number of hydrogen-bond donors (Lipinski definition) is 0. The van der Waals surface area contributed by atoms with Crippen molar-refractivity contribution in [3.8, 4) is 5.69 Å². The molecule has 7 nitrogen and oxygen atoms in total. The summed E-state index contributed by atoms with van der Waals surface area (Å²) in [4.78, 5) is 11.9.